The first-order valence-electron chi connectivity index (χ1n) is 4.87. The van der Waals surface area contributed by atoms with E-state index in [0.29, 0.717) is 5.56 Å². The fourth-order valence-electron chi connectivity index (χ4n) is 1.40. The summed E-state index contributed by atoms with van der Waals surface area (Å²) in [6.45, 7) is 6.75. The highest BCUT2D eigenvalue weighted by atomic mass is 16.2. The lowest BCUT2D eigenvalue weighted by molar-refractivity contribution is 0.0717. The molecule has 0 fully saturated rings. The second-order valence-corrected chi connectivity index (χ2v) is 3.42. The zero-order valence-electron chi connectivity index (χ0n) is 8.90. The average molecular weight is 192 g/mol. The summed E-state index contributed by atoms with van der Waals surface area (Å²) in [5.41, 5.74) is 0.704. The maximum absolute atomic E-state index is 11.9. The lowest BCUT2D eigenvalue weighted by Crippen LogP contribution is -2.36. The topological polar surface area (TPSA) is 33.2 Å². The van der Waals surface area contributed by atoms with Crippen molar-refractivity contribution < 1.29 is 4.79 Å². The van der Waals surface area contributed by atoms with Gasteiger partial charge in [0.05, 0.1) is 0 Å². The predicted molar refractivity (Wildman–Crippen MR) is 56.1 cm³/mol. The van der Waals surface area contributed by atoms with E-state index in [0.717, 1.165) is 6.54 Å². The third-order valence-electron chi connectivity index (χ3n) is 2.15. The van der Waals surface area contributed by atoms with Gasteiger partial charge >= 0.3 is 0 Å². The fourth-order valence-corrected chi connectivity index (χ4v) is 1.40. The van der Waals surface area contributed by atoms with Crippen LogP contribution in [0.4, 0.5) is 0 Å². The minimum atomic E-state index is 0.0740. The Bertz CT molecular complexity index is 295. The molecule has 0 saturated heterocycles. The molecule has 1 amide bonds. The van der Waals surface area contributed by atoms with Crippen LogP contribution in [-0.4, -0.2) is 28.4 Å². The largest absolute Gasteiger partial charge is 0.337 e. The van der Waals surface area contributed by atoms with Crippen molar-refractivity contribution in [3.05, 3.63) is 30.1 Å². The standard InChI is InChI=1S/C11H16N2O/c1-4-13(9(2)3)11(14)10-5-7-12-8-6-10/h5-9H,4H2,1-3H3. The van der Waals surface area contributed by atoms with Gasteiger partial charge in [-0.1, -0.05) is 0 Å². The van der Waals surface area contributed by atoms with Crippen molar-refractivity contribution >= 4 is 5.91 Å². The van der Waals surface area contributed by atoms with Crippen molar-refractivity contribution in [1.29, 1.82) is 0 Å². The van der Waals surface area contributed by atoms with Gasteiger partial charge in [0.25, 0.3) is 5.91 Å². The number of rotatable bonds is 3. The summed E-state index contributed by atoms with van der Waals surface area (Å²) in [5.74, 6) is 0.0740. The van der Waals surface area contributed by atoms with E-state index >= 15 is 0 Å². The number of carbonyl (C=O) groups excluding carboxylic acids is 1. The van der Waals surface area contributed by atoms with Gasteiger partial charge < -0.3 is 4.90 Å². The van der Waals surface area contributed by atoms with Gasteiger partial charge in [-0.15, -0.1) is 0 Å². The molecule has 1 heterocycles. The van der Waals surface area contributed by atoms with E-state index in [1.807, 2.05) is 25.7 Å². The number of hydrogen-bond acceptors (Lipinski definition) is 2. The number of hydrogen-bond donors (Lipinski definition) is 0. The lowest BCUT2D eigenvalue weighted by atomic mass is 10.2. The van der Waals surface area contributed by atoms with Gasteiger partial charge in [0.1, 0.15) is 0 Å². The zero-order valence-corrected chi connectivity index (χ0v) is 8.90. The van der Waals surface area contributed by atoms with Crippen LogP contribution in [0.3, 0.4) is 0 Å². The normalized spacial score (nSPS) is 10.3. The van der Waals surface area contributed by atoms with Crippen molar-refractivity contribution in [2.75, 3.05) is 6.54 Å². The highest BCUT2D eigenvalue weighted by Crippen LogP contribution is 2.06. The van der Waals surface area contributed by atoms with E-state index in [-0.39, 0.29) is 11.9 Å². The van der Waals surface area contributed by atoms with Crippen LogP contribution < -0.4 is 0 Å². The molecule has 0 aliphatic heterocycles. The molecule has 1 rings (SSSR count). The molecule has 0 N–H and O–H groups in total. The van der Waals surface area contributed by atoms with Crippen LogP contribution in [0, 0.1) is 0 Å². The summed E-state index contributed by atoms with van der Waals surface area (Å²) in [6.07, 6.45) is 3.28. The molecular formula is C11H16N2O. The maximum atomic E-state index is 11.9. The number of aromatic nitrogens is 1. The molecule has 3 nitrogen and oxygen atoms in total. The van der Waals surface area contributed by atoms with Crippen molar-refractivity contribution in [1.82, 2.24) is 9.88 Å². The summed E-state index contributed by atoms with van der Waals surface area (Å²) in [7, 11) is 0. The molecule has 0 bridgehead atoms. The zero-order chi connectivity index (χ0) is 10.6. The molecule has 14 heavy (non-hydrogen) atoms. The van der Waals surface area contributed by atoms with Crippen LogP contribution in [0.15, 0.2) is 24.5 Å². The fraction of sp³-hybridized carbons (Fsp3) is 0.455. The van der Waals surface area contributed by atoms with Crippen LogP contribution >= 0.6 is 0 Å². The smallest absolute Gasteiger partial charge is 0.254 e. The minimum Gasteiger partial charge on any atom is -0.337 e. The van der Waals surface area contributed by atoms with Gasteiger partial charge in [-0.3, -0.25) is 9.78 Å². The predicted octanol–water partition coefficient (Wildman–Crippen LogP) is 1.95. The van der Waals surface area contributed by atoms with E-state index in [9.17, 15) is 4.79 Å². The van der Waals surface area contributed by atoms with Crippen molar-refractivity contribution in [3.8, 4) is 0 Å². The monoisotopic (exact) mass is 192 g/mol. The molecule has 0 aliphatic rings. The molecule has 0 radical (unpaired) electrons. The number of pyridine rings is 1. The Kier molecular flexibility index (Phi) is 3.63. The maximum Gasteiger partial charge on any atom is 0.254 e. The highest BCUT2D eigenvalue weighted by molar-refractivity contribution is 5.94. The molecule has 3 heteroatoms. The molecule has 0 aromatic carbocycles. The molecule has 1 aromatic rings. The molecule has 0 unspecified atom stereocenters. The Morgan fingerprint density at radius 3 is 2.43 bits per heavy atom. The molecule has 0 saturated carbocycles. The van der Waals surface area contributed by atoms with E-state index in [1.165, 1.54) is 0 Å². The number of carbonyl (C=O) groups is 1. The summed E-state index contributed by atoms with van der Waals surface area (Å²) in [5, 5.41) is 0. The molecule has 0 atom stereocenters. The van der Waals surface area contributed by atoms with Crippen LogP contribution in [-0.2, 0) is 0 Å². The number of nitrogens with zero attached hydrogens (tertiary/aromatic N) is 2. The third-order valence-corrected chi connectivity index (χ3v) is 2.15. The molecular weight excluding hydrogens is 176 g/mol. The van der Waals surface area contributed by atoms with Crippen molar-refractivity contribution in [2.24, 2.45) is 0 Å². The van der Waals surface area contributed by atoms with E-state index in [1.54, 1.807) is 24.5 Å². The van der Waals surface area contributed by atoms with Crippen LogP contribution in [0.2, 0.25) is 0 Å². The Hall–Kier alpha value is -1.38. The highest BCUT2D eigenvalue weighted by Gasteiger charge is 2.15. The van der Waals surface area contributed by atoms with Crippen LogP contribution in [0.1, 0.15) is 31.1 Å². The minimum absolute atomic E-state index is 0.0740. The third kappa shape index (κ3) is 2.31. The summed E-state index contributed by atoms with van der Waals surface area (Å²) in [6, 6.07) is 3.72. The van der Waals surface area contributed by atoms with Gasteiger partial charge in [-0.25, -0.2) is 0 Å². The Balaban J connectivity index is 2.84. The first-order chi connectivity index (χ1) is 6.66. The van der Waals surface area contributed by atoms with Crippen molar-refractivity contribution in [2.45, 2.75) is 26.8 Å². The first-order valence-corrected chi connectivity index (χ1v) is 4.87. The van der Waals surface area contributed by atoms with Crippen LogP contribution in [0.5, 0.6) is 0 Å². The Morgan fingerprint density at radius 2 is 2.00 bits per heavy atom. The SMILES string of the molecule is CCN(C(=O)c1ccncc1)C(C)C. The Labute approximate surface area is 84.8 Å². The molecule has 76 valence electrons. The second kappa shape index (κ2) is 4.74. The lowest BCUT2D eigenvalue weighted by Gasteiger charge is -2.25. The first kappa shape index (κ1) is 10.7. The Morgan fingerprint density at radius 1 is 1.43 bits per heavy atom. The van der Waals surface area contributed by atoms with Gasteiger partial charge in [0.2, 0.25) is 0 Å². The van der Waals surface area contributed by atoms with Gasteiger partial charge in [0, 0.05) is 30.5 Å². The molecule has 0 aliphatic carbocycles. The van der Waals surface area contributed by atoms with E-state index < -0.39 is 0 Å². The quantitative estimate of drug-likeness (QED) is 0.733. The summed E-state index contributed by atoms with van der Waals surface area (Å²) >= 11 is 0. The summed E-state index contributed by atoms with van der Waals surface area (Å²) < 4.78 is 0. The van der Waals surface area contributed by atoms with Crippen molar-refractivity contribution in [3.63, 3.8) is 0 Å². The number of amides is 1. The van der Waals surface area contributed by atoms with Gasteiger partial charge in [0.15, 0.2) is 0 Å². The summed E-state index contributed by atoms with van der Waals surface area (Å²) in [4.78, 5) is 17.6. The van der Waals surface area contributed by atoms with E-state index in [2.05, 4.69) is 4.98 Å². The average Bonchev–Trinajstić information content (AvgIpc) is 2.19. The van der Waals surface area contributed by atoms with E-state index in [4.69, 9.17) is 0 Å². The van der Waals surface area contributed by atoms with Crippen LogP contribution in [0.25, 0.3) is 0 Å². The van der Waals surface area contributed by atoms with Gasteiger partial charge in [-0.05, 0) is 32.9 Å². The molecule has 0 spiro atoms. The van der Waals surface area contributed by atoms with Gasteiger partial charge in [-0.2, -0.15) is 0 Å². The second-order valence-electron chi connectivity index (χ2n) is 3.42. The molecule has 1 aromatic heterocycles.